The van der Waals surface area contributed by atoms with Crippen LogP contribution in [-0.2, 0) is 16.1 Å². The van der Waals surface area contributed by atoms with Crippen LogP contribution in [0.1, 0.15) is 18.4 Å². The largest absolute Gasteiger partial charge is 0.473 e. The van der Waals surface area contributed by atoms with Gasteiger partial charge in [-0.1, -0.05) is 17.7 Å². The van der Waals surface area contributed by atoms with Crippen LogP contribution in [0.15, 0.2) is 18.2 Å². The van der Waals surface area contributed by atoms with Gasteiger partial charge >= 0.3 is 11.9 Å². The fourth-order valence-corrected chi connectivity index (χ4v) is 2.07. The highest BCUT2D eigenvalue weighted by Crippen LogP contribution is 2.22. The highest BCUT2D eigenvalue weighted by molar-refractivity contribution is 6.31. The van der Waals surface area contributed by atoms with Crippen molar-refractivity contribution in [3.05, 3.63) is 34.6 Å². The molecule has 0 unspecified atom stereocenters. The molecule has 1 aliphatic rings. The molecule has 0 amide bonds. The molecule has 1 aromatic carbocycles. The van der Waals surface area contributed by atoms with Gasteiger partial charge in [-0.3, -0.25) is 4.90 Å². The Bertz CT molecular complexity index is 457. The number of rotatable bonds is 2. The first-order valence-electron chi connectivity index (χ1n) is 6.03. The maximum absolute atomic E-state index is 13.4. The van der Waals surface area contributed by atoms with Crippen LogP contribution in [0.4, 0.5) is 4.39 Å². The number of hydrogen-bond donors (Lipinski definition) is 2. The zero-order chi connectivity index (χ0) is 15.1. The molecular formula is C13H15ClFNO4. The summed E-state index contributed by atoms with van der Waals surface area (Å²) in [6.45, 7) is 2.76. The number of aliphatic carboxylic acids is 2. The van der Waals surface area contributed by atoms with Gasteiger partial charge in [-0.05, 0) is 38.1 Å². The minimum atomic E-state index is -1.82. The van der Waals surface area contributed by atoms with Crippen LogP contribution < -0.4 is 0 Å². The summed E-state index contributed by atoms with van der Waals surface area (Å²) in [5.74, 6) is -3.84. The van der Waals surface area contributed by atoms with Crippen molar-refractivity contribution in [2.45, 2.75) is 19.4 Å². The smallest absolute Gasteiger partial charge is 0.414 e. The van der Waals surface area contributed by atoms with E-state index >= 15 is 0 Å². The van der Waals surface area contributed by atoms with E-state index in [4.69, 9.17) is 31.4 Å². The van der Waals surface area contributed by atoms with Gasteiger partial charge in [-0.15, -0.1) is 0 Å². The second kappa shape index (κ2) is 7.81. The Morgan fingerprint density at radius 3 is 2.20 bits per heavy atom. The van der Waals surface area contributed by atoms with Crippen molar-refractivity contribution in [3.8, 4) is 0 Å². The monoisotopic (exact) mass is 303 g/mol. The summed E-state index contributed by atoms with van der Waals surface area (Å²) < 4.78 is 13.4. The van der Waals surface area contributed by atoms with Crippen molar-refractivity contribution in [2.75, 3.05) is 13.1 Å². The highest BCUT2D eigenvalue weighted by Gasteiger charge is 2.15. The van der Waals surface area contributed by atoms with Gasteiger partial charge in [-0.25, -0.2) is 14.0 Å². The summed E-state index contributed by atoms with van der Waals surface area (Å²) in [6, 6.07) is 4.86. The van der Waals surface area contributed by atoms with Gasteiger partial charge in [0.05, 0.1) is 0 Å². The number of carbonyl (C=O) groups is 2. The Labute approximate surface area is 120 Å². The molecule has 0 bridgehead atoms. The van der Waals surface area contributed by atoms with E-state index < -0.39 is 11.9 Å². The molecule has 0 spiro atoms. The minimum absolute atomic E-state index is 0.190. The van der Waals surface area contributed by atoms with Gasteiger partial charge in [0, 0.05) is 17.1 Å². The summed E-state index contributed by atoms with van der Waals surface area (Å²) in [4.78, 5) is 20.4. The molecule has 0 aromatic heterocycles. The van der Waals surface area contributed by atoms with Gasteiger partial charge < -0.3 is 10.2 Å². The molecule has 0 aliphatic carbocycles. The van der Waals surface area contributed by atoms with Crippen LogP contribution in [0, 0.1) is 5.82 Å². The van der Waals surface area contributed by atoms with Crippen molar-refractivity contribution < 1.29 is 24.2 Å². The van der Waals surface area contributed by atoms with Crippen molar-refractivity contribution in [1.82, 2.24) is 4.90 Å². The van der Waals surface area contributed by atoms with Crippen LogP contribution >= 0.6 is 11.6 Å². The molecule has 110 valence electrons. The third-order valence-electron chi connectivity index (χ3n) is 2.83. The molecule has 1 saturated heterocycles. The zero-order valence-corrected chi connectivity index (χ0v) is 11.4. The van der Waals surface area contributed by atoms with E-state index in [9.17, 15) is 4.39 Å². The lowest BCUT2D eigenvalue weighted by atomic mass is 10.2. The Morgan fingerprint density at radius 2 is 1.75 bits per heavy atom. The lowest BCUT2D eigenvalue weighted by molar-refractivity contribution is -0.159. The van der Waals surface area contributed by atoms with Crippen molar-refractivity contribution in [2.24, 2.45) is 0 Å². The third kappa shape index (κ3) is 5.14. The van der Waals surface area contributed by atoms with Crippen molar-refractivity contribution >= 4 is 23.5 Å². The molecule has 2 N–H and O–H groups in total. The Morgan fingerprint density at radius 1 is 1.20 bits per heavy atom. The van der Waals surface area contributed by atoms with Gasteiger partial charge in [0.2, 0.25) is 0 Å². The second-order valence-corrected chi connectivity index (χ2v) is 4.70. The highest BCUT2D eigenvalue weighted by atomic mass is 35.5. The second-order valence-electron chi connectivity index (χ2n) is 4.29. The number of benzene rings is 1. The van der Waals surface area contributed by atoms with Crippen molar-refractivity contribution in [1.29, 1.82) is 0 Å². The molecule has 1 fully saturated rings. The maximum Gasteiger partial charge on any atom is 0.414 e. The first kappa shape index (κ1) is 16.4. The molecule has 1 aromatic rings. The van der Waals surface area contributed by atoms with Gasteiger partial charge in [-0.2, -0.15) is 0 Å². The molecule has 20 heavy (non-hydrogen) atoms. The molecule has 1 heterocycles. The van der Waals surface area contributed by atoms with E-state index in [0.717, 1.165) is 13.1 Å². The number of likely N-dealkylation sites (tertiary alicyclic amines) is 1. The topological polar surface area (TPSA) is 77.8 Å². The molecule has 5 nitrogen and oxygen atoms in total. The van der Waals surface area contributed by atoms with E-state index in [1.807, 2.05) is 0 Å². The normalized spacial score (nSPS) is 14.5. The molecule has 0 saturated carbocycles. The number of carboxylic acids is 2. The number of halogens is 2. The minimum Gasteiger partial charge on any atom is -0.473 e. The van der Waals surface area contributed by atoms with Gasteiger partial charge in [0.1, 0.15) is 5.82 Å². The van der Waals surface area contributed by atoms with Gasteiger partial charge in [0.15, 0.2) is 0 Å². The fraction of sp³-hybridized carbons (Fsp3) is 0.385. The molecule has 7 heteroatoms. The summed E-state index contributed by atoms with van der Waals surface area (Å²) >= 11 is 5.94. The summed E-state index contributed by atoms with van der Waals surface area (Å²) in [5.41, 5.74) is 0.635. The molecule has 0 radical (unpaired) electrons. The Balaban J connectivity index is 0.000000286. The van der Waals surface area contributed by atoms with Crippen LogP contribution in [0.2, 0.25) is 5.02 Å². The van der Waals surface area contributed by atoms with E-state index in [1.54, 1.807) is 12.1 Å². The summed E-state index contributed by atoms with van der Waals surface area (Å²) in [6.07, 6.45) is 2.43. The number of nitrogens with zero attached hydrogens (tertiary/aromatic N) is 1. The summed E-state index contributed by atoms with van der Waals surface area (Å²) in [5, 5.41) is 15.3. The van der Waals surface area contributed by atoms with E-state index in [-0.39, 0.29) is 5.82 Å². The van der Waals surface area contributed by atoms with Gasteiger partial charge in [0.25, 0.3) is 0 Å². The van der Waals surface area contributed by atoms with E-state index in [0.29, 0.717) is 17.1 Å². The van der Waals surface area contributed by atoms with E-state index in [2.05, 4.69) is 4.90 Å². The van der Waals surface area contributed by atoms with E-state index in [1.165, 1.54) is 18.9 Å². The Hall–Kier alpha value is -1.66. The summed E-state index contributed by atoms with van der Waals surface area (Å²) in [7, 11) is 0. The van der Waals surface area contributed by atoms with Crippen LogP contribution in [0.5, 0.6) is 0 Å². The average Bonchev–Trinajstić information content (AvgIpc) is 2.87. The quantitative estimate of drug-likeness (QED) is 0.819. The number of carboxylic acid groups (broad SMARTS) is 2. The van der Waals surface area contributed by atoms with Crippen LogP contribution in [-0.4, -0.2) is 40.1 Å². The first-order chi connectivity index (χ1) is 9.41. The predicted octanol–water partition coefficient (Wildman–Crippen LogP) is 2.23. The third-order valence-corrected chi connectivity index (χ3v) is 3.18. The van der Waals surface area contributed by atoms with Crippen molar-refractivity contribution in [3.63, 3.8) is 0 Å². The molecule has 0 atom stereocenters. The Kier molecular flexibility index (Phi) is 6.41. The predicted molar refractivity (Wildman–Crippen MR) is 71.2 cm³/mol. The number of hydrogen-bond acceptors (Lipinski definition) is 3. The fourth-order valence-electron chi connectivity index (χ4n) is 1.85. The standard InChI is InChI=1S/C11H13ClFN.C2H2O4/c12-10-4-3-5-11(13)9(10)8-14-6-1-2-7-14;3-1(4)2(5)6/h3-5H,1-2,6-8H2;(H,3,4)(H,5,6). The average molecular weight is 304 g/mol. The molecule has 2 rings (SSSR count). The first-order valence-corrected chi connectivity index (χ1v) is 6.41. The SMILES string of the molecule is Fc1cccc(Cl)c1CN1CCCC1.O=C(O)C(=O)O. The lowest BCUT2D eigenvalue weighted by Crippen LogP contribution is -2.19. The molecule has 1 aliphatic heterocycles. The lowest BCUT2D eigenvalue weighted by Gasteiger charge is -2.15. The van der Waals surface area contributed by atoms with Crippen LogP contribution in [0.3, 0.4) is 0 Å². The zero-order valence-electron chi connectivity index (χ0n) is 10.7. The maximum atomic E-state index is 13.4. The van der Waals surface area contributed by atoms with Crippen LogP contribution in [0.25, 0.3) is 0 Å². The molecular weight excluding hydrogens is 289 g/mol.